The van der Waals surface area contributed by atoms with E-state index in [-0.39, 0.29) is 5.60 Å². The topological polar surface area (TPSA) is 48.1 Å². The maximum Gasteiger partial charge on any atom is 0.125 e. The summed E-state index contributed by atoms with van der Waals surface area (Å²) in [5.74, 6) is 0.418. The lowest BCUT2D eigenvalue weighted by Crippen LogP contribution is -2.26. The molecule has 0 saturated heterocycles. The third-order valence-electron chi connectivity index (χ3n) is 3.38. The lowest BCUT2D eigenvalue weighted by molar-refractivity contribution is -0.0220. The maximum absolute atomic E-state index is 5.80. The monoisotopic (exact) mass is 256 g/mol. The number of nitrogens with zero attached hydrogens (tertiary/aromatic N) is 1. The summed E-state index contributed by atoms with van der Waals surface area (Å²) in [7, 11) is 1.77. The lowest BCUT2D eigenvalue weighted by Gasteiger charge is -2.27. The summed E-state index contributed by atoms with van der Waals surface area (Å²) in [5.41, 5.74) is 6.70. The Balaban J connectivity index is 3.22. The fraction of sp³-hybridized carbons (Fsp3) is 0.769. The Morgan fingerprint density at radius 3 is 2.24 bits per heavy atom. The van der Waals surface area contributed by atoms with Crippen LogP contribution in [-0.4, -0.2) is 12.1 Å². The number of ether oxygens (including phenoxy) is 1. The van der Waals surface area contributed by atoms with Gasteiger partial charge >= 0.3 is 0 Å². The second kappa shape index (κ2) is 5.94. The number of rotatable bonds is 6. The standard InChI is InChI=1S/C13H24N2OS/c1-6-13(7-2,16-5)12-15-11(9(3)4)10(8-14)17-12/h9H,6-8,14H2,1-5H3. The van der Waals surface area contributed by atoms with E-state index in [0.717, 1.165) is 23.5 Å². The molecule has 17 heavy (non-hydrogen) atoms. The van der Waals surface area contributed by atoms with Gasteiger partial charge in [0.15, 0.2) is 0 Å². The van der Waals surface area contributed by atoms with Crippen molar-refractivity contribution in [3.8, 4) is 0 Å². The van der Waals surface area contributed by atoms with Gasteiger partial charge in [0.25, 0.3) is 0 Å². The van der Waals surface area contributed by atoms with Crippen LogP contribution in [0.25, 0.3) is 0 Å². The molecule has 0 spiro atoms. The summed E-state index contributed by atoms with van der Waals surface area (Å²) >= 11 is 1.71. The zero-order valence-corrected chi connectivity index (χ0v) is 12.4. The average molecular weight is 256 g/mol. The molecule has 2 N–H and O–H groups in total. The Bertz CT molecular complexity index is 348. The van der Waals surface area contributed by atoms with Crippen LogP contribution in [0.1, 0.15) is 62.0 Å². The normalized spacial score (nSPS) is 12.4. The lowest BCUT2D eigenvalue weighted by atomic mass is 9.98. The molecule has 0 aliphatic carbocycles. The fourth-order valence-electron chi connectivity index (χ4n) is 2.08. The van der Waals surface area contributed by atoms with Crippen molar-refractivity contribution in [2.75, 3.05) is 7.11 Å². The molecule has 98 valence electrons. The number of aromatic nitrogens is 1. The van der Waals surface area contributed by atoms with Gasteiger partial charge in [-0.2, -0.15) is 0 Å². The van der Waals surface area contributed by atoms with Gasteiger partial charge in [0.1, 0.15) is 10.6 Å². The molecule has 0 amide bonds. The third kappa shape index (κ3) is 2.69. The molecule has 1 rings (SSSR count). The molecule has 0 aliphatic heterocycles. The molecule has 1 aromatic heterocycles. The first-order valence-electron chi connectivity index (χ1n) is 6.29. The van der Waals surface area contributed by atoms with E-state index in [2.05, 4.69) is 27.7 Å². The molecule has 4 heteroatoms. The number of hydrogen-bond donors (Lipinski definition) is 1. The number of hydrogen-bond acceptors (Lipinski definition) is 4. The van der Waals surface area contributed by atoms with Crippen molar-refractivity contribution >= 4 is 11.3 Å². The van der Waals surface area contributed by atoms with Gasteiger partial charge in [-0.05, 0) is 18.8 Å². The van der Waals surface area contributed by atoms with Crippen molar-refractivity contribution < 1.29 is 4.74 Å². The van der Waals surface area contributed by atoms with Gasteiger partial charge in [-0.25, -0.2) is 4.98 Å². The van der Waals surface area contributed by atoms with E-state index >= 15 is 0 Å². The molecule has 0 atom stereocenters. The van der Waals surface area contributed by atoms with Crippen LogP contribution in [0, 0.1) is 0 Å². The van der Waals surface area contributed by atoms with Gasteiger partial charge in [0, 0.05) is 18.5 Å². The van der Waals surface area contributed by atoms with Crippen LogP contribution in [0.15, 0.2) is 0 Å². The minimum absolute atomic E-state index is 0.234. The number of methoxy groups -OCH3 is 1. The van der Waals surface area contributed by atoms with Crippen molar-refractivity contribution in [2.24, 2.45) is 5.73 Å². The third-order valence-corrected chi connectivity index (χ3v) is 4.66. The molecule has 0 radical (unpaired) electrons. The molecule has 0 aromatic carbocycles. The van der Waals surface area contributed by atoms with E-state index in [1.807, 2.05) is 0 Å². The first-order valence-corrected chi connectivity index (χ1v) is 7.11. The molecule has 0 fully saturated rings. The van der Waals surface area contributed by atoms with E-state index in [4.69, 9.17) is 15.5 Å². The van der Waals surface area contributed by atoms with Gasteiger partial charge in [0.2, 0.25) is 0 Å². The predicted octanol–water partition coefficient (Wildman–Crippen LogP) is 3.39. The minimum Gasteiger partial charge on any atom is -0.371 e. The van der Waals surface area contributed by atoms with Crippen LogP contribution in [-0.2, 0) is 16.9 Å². The van der Waals surface area contributed by atoms with Gasteiger partial charge in [-0.3, -0.25) is 0 Å². The van der Waals surface area contributed by atoms with Crippen molar-refractivity contribution in [2.45, 2.75) is 58.6 Å². The molecule has 0 unspecified atom stereocenters. The molecule has 0 saturated carbocycles. The zero-order chi connectivity index (χ0) is 13.1. The first kappa shape index (κ1) is 14.6. The number of thiazole rings is 1. The summed E-state index contributed by atoms with van der Waals surface area (Å²) in [4.78, 5) is 5.97. The summed E-state index contributed by atoms with van der Waals surface area (Å²) < 4.78 is 5.72. The smallest absolute Gasteiger partial charge is 0.125 e. The molecular formula is C13H24N2OS. The molecule has 3 nitrogen and oxygen atoms in total. The Kier molecular flexibility index (Phi) is 5.10. The van der Waals surface area contributed by atoms with Crippen LogP contribution in [0.3, 0.4) is 0 Å². The van der Waals surface area contributed by atoms with Crippen LogP contribution >= 0.6 is 11.3 Å². The van der Waals surface area contributed by atoms with Crippen molar-refractivity contribution in [1.82, 2.24) is 4.98 Å². The average Bonchev–Trinajstić information content (AvgIpc) is 2.77. The second-order valence-electron chi connectivity index (χ2n) is 4.59. The molecule has 0 aliphatic rings. The van der Waals surface area contributed by atoms with Crippen LogP contribution < -0.4 is 5.73 Å². The Labute approximate surface area is 108 Å². The highest BCUT2D eigenvalue weighted by Crippen LogP contribution is 2.37. The van der Waals surface area contributed by atoms with Gasteiger partial charge in [-0.1, -0.05) is 27.7 Å². The Morgan fingerprint density at radius 2 is 1.94 bits per heavy atom. The van der Waals surface area contributed by atoms with E-state index in [1.54, 1.807) is 18.4 Å². The molecule has 1 aromatic rings. The van der Waals surface area contributed by atoms with Gasteiger partial charge in [0.05, 0.1) is 5.69 Å². The first-order chi connectivity index (χ1) is 8.04. The maximum atomic E-state index is 5.80. The Hall–Kier alpha value is -0.450. The van der Waals surface area contributed by atoms with Crippen molar-refractivity contribution in [1.29, 1.82) is 0 Å². The second-order valence-corrected chi connectivity index (χ2v) is 5.68. The quantitative estimate of drug-likeness (QED) is 0.848. The van der Waals surface area contributed by atoms with E-state index in [1.165, 1.54) is 4.88 Å². The molecular weight excluding hydrogens is 232 g/mol. The van der Waals surface area contributed by atoms with Crippen LogP contribution in [0.4, 0.5) is 0 Å². The molecule has 1 heterocycles. The summed E-state index contributed by atoms with van der Waals surface area (Å²) in [5, 5.41) is 1.08. The highest BCUT2D eigenvalue weighted by atomic mass is 32.1. The van der Waals surface area contributed by atoms with E-state index < -0.39 is 0 Å². The van der Waals surface area contributed by atoms with Crippen molar-refractivity contribution in [3.05, 3.63) is 15.6 Å². The fourth-order valence-corrected chi connectivity index (χ4v) is 3.49. The zero-order valence-electron chi connectivity index (χ0n) is 11.5. The Morgan fingerprint density at radius 1 is 1.35 bits per heavy atom. The SMILES string of the molecule is CCC(CC)(OC)c1nc(C(C)C)c(CN)s1. The van der Waals surface area contributed by atoms with Crippen LogP contribution in [0.2, 0.25) is 0 Å². The van der Waals surface area contributed by atoms with E-state index in [0.29, 0.717) is 12.5 Å². The molecule has 0 bridgehead atoms. The number of nitrogens with two attached hydrogens (primary N) is 1. The highest BCUT2D eigenvalue weighted by Gasteiger charge is 2.32. The van der Waals surface area contributed by atoms with Gasteiger partial charge in [-0.15, -0.1) is 11.3 Å². The summed E-state index contributed by atoms with van der Waals surface area (Å²) in [6.07, 6.45) is 1.88. The van der Waals surface area contributed by atoms with Gasteiger partial charge < -0.3 is 10.5 Å². The summed E-state index contributed by atoms with van der Waals surface area (Å²) in [6.45, 7) is 9.17. The largest absolute Gasteiger partial charge is 0.371 e. The van der Waals surface area contributed by atoms with Crippen molar-refractivity contribution in [3.63, 3.8) is 0 Å². The van der Waals surface area contributed by atoms with E-state index in [9.17, 15) is 0 Å². The summed E-state index contributed by atoms with van der Waals surface area (Å²) in [6, 6.07) is 0. The minimum atomic E-state index is -0.234. The highest BCUT2D eigenvalue weighted by molar-refractivity contribution is 7.11. The van der Waals surface area contributed by atoms with Crippen LogP contribution in [0.5, 0.6) is 0 Å². The predicted molar refractivity (Wildman–Crippen MR) is 73.4 cm³/mol.